The minimum atomic E-state index is 0.734. The maximum atomic E-state index is 2.27. The Hall–Kier alpha value is 0.363. The molecule has 0 heterocycles. The van der Waals surface area contributed by atoms with E-state index in [-0.39, 0.29) is 0 Å². The Bertz CT molecular complexity index is 163. The van der Waals surface area contributed by atoms with Gasteiger partial charge in [-0.2, -0.15) is 0 Å². The molecule has 0 amide bonds. The Balaban J connectivity index is 2.77. The van der Waals surface area contributed by atoms with Crippen LogP contribution < -0.4 is 0 Å². The fraction of sp³-hybridized carbons (Fsp3) is 0.500. The van der Waals surface area contributed by atoms with Crippen molar-refractivity contribution in [1.29, 1.82) is 0 Å². The van der Waals surface area contributed by atoms with Crippen LogP contribution in [0.3, 0.4) is 0 Å². The average Bonchev–Trinajstić information content (AvgIpc) is 2.13. The van der Waals surface area contributed by atoms with Crippen molar-refractivity contribution in [2.75, 3.05) is 0 Å². The summed E-state index contributed by atoms with van der Waals surface area (Å²) in [6.45, 7) is 4.52. The van der Waals surface area contributed by atoms with E-state index < -0.39 is 0 Å². The van der Waals surface area contributed by atoms with Crippen LogP contribution in [-0.2, 0) is 24.7 Å². The molecule has 0 atom stereocenters. The predicted molar refractivity (Wildman–Crippen MR) is 35.6 cm³/mol. The Morgan fingerprint density at radius 2 is 2.22 bits per heavy atom. The molecule has 0 radical (unpaired) electrons. The van der Waals surface area contributed by atoms with Gasteiger partial charge in [-0.05, 0) is 0 Å². The second-order valence-corrected chi connectivity index (χ2v) is 4.18. The van der Waals surface area contributed by atoms with Crippen molar-refractivity contribution in [3.63, 3.8) is 0 Å². The van der Waals surface area contributed by atoms with Crippen molar-refractivity contribution in [2.24, 2.45) is 5.92 Å². The van der Waals surface area contributed by atoms with E-state index in [0.29, 0.717) is 0 Å². The Morgan fingerprint density at radius 3 is 2.44 bits per heavy atom. The van der Waals surface area contributed by atoms with Gasteiger partial charge in [-0.15, -0.1) is 0 Å². The molecule has 0 aromatic heterocycles. The van der Waals surface area contributed by atoms with Gasteiger partial charge in [0.1, 0.15) is 0 Å². The van der Waals surface area contributed by atoms with Crippen molar-refractivity contribution in [2.45, 2.75) is 20.3 Å². The monoisotopic (exact) mass is 197 g/mol. The number of allylic oxidation sites excluding steroid dienone is 4. The van der Waals surface area contributed by atoms with Crippen LogP contribution in [-0.4, -0.2) is 0 Å². The van der Waals surface area contributed by atoms with Gasteiger partial charge in [-0.1, -0.05) is 0 Å². The first kappa shape index (κ1) is 7.47. The van der Waals surface area contributed by atoms with Gasteiger partial charge in [-0.3, -0.25) is 0 Å². The summed E-state index contributed by atoms with van der Waals surface area (Å²) in [4.78, 5) is 0. The first-order valence-electron chi connectivity index (χ1n) is 3.33. The van der Waals surface area contributed by atoms with Gasteiger partial charge in [0.05, 0.1) is 0 Å². The molecule has 1 aliphatic rings. The van der Waals surface area contributed by atoms with E-state index in [2.05, 4.69) is 26.0 Å². The van der Waals surface area contributed by atoms with Gasteiger partial charge in [0.2, 0.25) is 0 Å². The third-order valence-electron chi connectivity index (χ3n) is 1.59. The van der Waals surface area contributed by atoms with Crippen LogP contribution in [0, 0.1) is 5.92 Å². The summed E-state index contributed by atoms with van der Waals surface area (Å²) in [5.41, 5.74) is 1.58. The SMILES string of the molecule is CC(C)C1=[C]([Zr])CC=C1. The Kier molecular flexibility index (Phi) is 2.46. The van der Waals surface area contributed by atoms with Gasteiger partial charge in [0, 0.05) is 0 Å². The molecule has 0 spiro atoms. The van der Waals surface area contributed by atoms with Crippen LogP contribution >= 0.6 is 0 Å². The van der Waals surface area contributed by atoms with E-state index >= 15 is 0 Å². The molecule has 0 unspecified atom stereocenters. The summed E-state index contributed by atoms with van der Waals surface area (Å²) in [5, 5.41) is 0. The molecule has 0 aromatic carbocycles. The standard InChI is InChI=1S/C8H11.Zr/c1-7(2)8-5-3-4-6-8;/h3,5,7H,4H2,1-2H3;. The summed E-state index contributed by atoms with van der Waals surface area (Å²) < 4.78 is 1.64. The molecule has 0 saturated heterocycles. The van der Waals surface area contributed by atoms with Gasteiger partial charge >= 0.3 is 71.9 Å². The summed E-state index contributed by atoms with van der Waals surface area (Å²) >= 11 is 1.59. The van der Waals surface area contributed by atoms with Gasteiger partial charge in [0.15, 0.2) is 0 Å². The fourth-order valence-electron chi connectivity index (χ4n) is 1.06. The Labute approximate surface area is 71.9 Å². The first-order valence-corrected chi connectivity index (χ1v) is 4.56. The van der Waals surface area contributed by atoms with Crippen LogP contribution in [0.5, 0.6) is 0 Å². The molecule has 0 aromatic rings. The average molecular weight is 198 g/mol. The van der Waals surface area contributed by atoms with E-state index in [1.807, 2.05) is 0 Å². The number of rotatable bonds is 1. The quantitative estimate of drug-likeness (QED) is 0.607. The molecule has 1 heteroatoms. The summed E-state index contributed by atoms with van der Waals surface area (Å²) in [6.07, 6.45) is 5.75. The Morgan fingerprint density at radius 1 is 1.56 bits per heavy atom. The molecule has 1 rings (SSSR count). The predicted octanol–water partition coefficient (Wildman–Crippen LogP) is 2.40. The third kappa shape index (κ3) is 1.64. The second-order valence-electron chi connectivity index (χ2n) is 2.70. The summed E-state index contributed by atoms with van der Waals surface area (Å²) in [5.74, 6) is 0.734. The number of hydrogen-bond donors (Lipinski definition) is 0. The van der Waals surface area contributed by atoms with Crippen LogP contribution in [0.15, 0.2) is 21.0 Å². The minimum absolute atomic E-state index is 0.734. The zero-order valence-electron chi connectivity index (χ0n) is 5.94. The molecule has 0 bridgehead atoms. The van der Waals surface area contributed by atoms with Crippen LogP contribution in [0.1, 0.15) is 20.3 Å². The molecule has 0 fully saturated rings. The van der Waals surface area contributed by atoms with E-state index in [1.54, 1.807) is 33.6 Å². The summed E-state index contributed by atoms with van der Waals surface area (Å²) in [7, 11) is 0. The molecule has 0 aliphatic heterocycles. The van der Waals surface area contributed by atoms with E-state index in [4.69, 9.17) is 0 Å². The van der Waals surface area contributed by atoms with Crippen molar-refractivity contribution >= 4 is 0 Å². The molecule has 1 aliphatic carbocycles. The van der Waals surface area contributed by atoms with Crippen molar-refractivity contribution in [1.82, 2.24) is 0 Å². The third-order valence-corrected chi connectivity index (χ3v) is 2.80. The fourth-order valence-corrected chi connectivity index (χ4v) is 2.27. The first-order chi connectivity index (χ1) is 4.22. The van der Waals surface area contributed by atoms with Gasteiger partial charge in [-0.25, -0.2) is 0 Å². The van der Waals surface area contributed by atoms with Crippen molar-refractivity contribution < 1.29 is 24.7 Å². The molecule has 9 heavy (non-hydrogen) atoms. The van der Waals surface area contributed by atoms with Gasteiger partial charge in [0.25, 0.3) is 0 Å². The van der Waals surface area contributed by atoms with Crippen LogP contribution in [0.4, 0.5) is 0 Å². The van der Waals surface area contributed by atoms with Gasteiger partial charge < -0.3 is 0 Å². The molecule has 0 saturated carbocycles. The zero-order valence-corrected chi connectivity index (χ0v) is 8.40. The van der Waals surface area contributed by atoms with Crippen molar-refractivity contribution in [3.05, 3.63) is 21.0 Å². The normalized spacial score (nSPS) is 18.0. The second kappa shape index (κ2) is 2.97. The van der Waals surface area contributed by atoms with Crippen LogP contribution in [0.2, 0.25) is 0 Å². The van der Waals surface area contributed by atoms with E-state index in [0.717, 1.165) is 5.92 Å². The summed E-state index contributed by atoms with van der Waals surface area (Å²) in [6, 6.07) is 0. The molecule has 0 N–H and O–H groups in total. The molecule has 47 valence electrons. The van der Waals surface area contributed by atoms with Crippen molar-refractivity contribution in [3.8, 4) is 0 Å². The number of hydrogen-bond acceptors (Lipinski definition) is 0. The molecular formula is C8H11Zr. The van der Waals surface area contributed by atoms with Crippen LogP contribution in [0.25, 0.3) is 0 Å². The maximum absolute atomic E-state index is 2.27. The van der Waals surface area contributed by atoms with E-state index in [1.165, 1.54) is 6.42 Å². The molecule has 0 nitrogen and oxygen atoms in total. The zero-order chi connectivity index (χ0) is 6.85. The van der Waals surface area contributed by atoms with E-state index in [9.17, 15) is 0 Å². The molecular weight excluding hydrogens is 187 g/mol. The topological polar surface area (TPSA) is 0 Å².